The Bertz CT molecular complexity index is 491. The minimum atomic E-state index is -0.114. The second-order valence-electron chi connectivity index (χ2n) is 6.51. The fourth-order valence-corrected chi connectivity index (χ4v) is 2.52. The lowest BCUT2D eigenvalue weighted by Gasteiger charge is -2.21. The van der Waals surface area contributed by atoms with Crippen LogP contribution in [0.15, 0.2) is 42.0 Å². The van der Waals surface area contributed by atoms with Gasteiger partial charge in [0.05, 0.1) is 19.3 Å². The van der Waals surface area contributed by atoms with E-state index in [4.69, 9.17) is 9.47 Å². The highest BCUT2D eigenvalue weighted by Crippen LogP contribution is 2.17. The standard InChI is InChI=1S/C21H32O3/c1-5-23-21(22)15-14-18(4)10-9-13-20(17(2)3)24-16-19-11-7-6-8-12-19/h6-8,10-12,17,20H,5,9,13-16H2,1-4H3. The van der Waals surface area contributed by atoms with Gasteiger partial charge >= 0.3 is 5.97 Å². The summed E-state index contributed by atoms with van der Waals surface area (Å²) < 4.78 is 11.1. The summed E-state index contributed by atoms with van der Waals surface area (Å²) in [5.41, 5.74) is 2.46. The van der Waals surface area contributed by atoms with Crippen molar-refractivity contribution >= 4 is 5.97 Å². The molecule has 1 aromatic rings. The molecule has 0 aliphatic rings. The topological polar surface area (TPSA) is 35.5 Å². The molecule has 1 atom stereocenters. The average Bonchev–Trinajstić information content (AvgIpc) is 2.57. The summed E-state index contributed by atoms with van der Waals surface area (Å²) >= 11 is 0. The maximum Gasteiger partial charge on any atom is 0.306 e. The number of carbonyl (C=O) groups excluding carboxylic acids is 1. The zero-order valence-corrected chi connectivity index (χ0v) is 15.6. The van der Waals surface area contributed by atoms with Gasteiger partial charge in [0, 0.05) is 6.42 Å². The van der Waals surface area contributed by atoms with E-state index in [2.05, 4.69) is 39.0 Å². The van der Waals surface area contributed by atoms with Crippen LogP contribution in [-0.4, -0.2) is 18.7 Å². The van der Waals surface area contributed by atoms with Crippen molar-refractivity contribution in [3.8, 4) is 0 Å². The van der Waals surface area contributed by atoms with Crippen LogP contribution in [-0.2, 0) is 20.9 Å². The van der Waals surface area contributed by atoms with Gasteiger partial charge in [-0.2, -0.15) is 0 Å². The van der Waals surface area contributed by atoms with E-state index in [0.717, 1.165) is 19.3 Å². The molecule has 0 saturated carbocycles. The molecule has 1 aromatic carbocycles. The third kappa shape index (κ3) is 8.88. The lowest BCUT2D eigenvalue weighted by Crippen LogP contribution is -2.19. The van der Waals surface area contributed by atoms with Crippen LogP contribution in [0.4, 0.5) is 0 Å². The number of ether oxygens (including phenoxy) is 2. The van der Waals surface area contributed by atoms with Crippen molar-refractivity contribution in [3.63, 3.8) is 0 Å². The van der Waals surface area contributed by atoms with Gasteiger partial charge in [0.2, 0.25) is 0 Å². The number of allylic oxidation sites excluding steroid dienone is 2. The molecule has 134 valence electrons. The van der Waals surface area contributed by atoms with Gasteiger partial charge in [-0.05, 0) is 44.6 Å². The first-order chi connectivity index (χ1) is 11.5. The summed E-state index contributed by atoms with van der Waals surface area (Å²) in [6, 6.07) is 10.3. The van der Waals surface area contributed by atoms with E-state index in [1.165, 1.54) is 11.1 Å². The normalized spacial score (nSPS) is 13.1. The number of rotatable bonds is 11. The van der Waals surface area contributed by atoms with Crippen LogP contribution in [0.25, 0.3) is 0 Å². The predicted octanol–water partition coefficient (Wildman–Crippen LogP) is 5.30. The summed E-state index contributed by atoms with van der Waals surface area (Å²) in [4.78, 5) is 11.4. The van der Waals surface area contributed by atoms with E-state index >= 15 is 0 Å². The Balaban J connectivity index is 2.34. The maximum atomic E-state index is 11.4. The van der Waals surface area contributed by atoms with Gasteiger partial charge in [0.25, 0.3) is 0 Å². The van der Waals surface area contributed by atoms with Gasteiger partial charge in [-0.1, -0.05) is 55.8 Å². The molecule has 0 amide bonds. The lowest BCUT2D eigenvalue weighted by atomic mass is 10.0. The van der Waals surface area contributed by atoms with Crippen LogP contribution >= 0.6 is 0 Å². The smallest absolute Gasteiger partial charge is 0.306 e. The van der Waals surface area contributed by atoms with Crippen LogP contribution in [0, 0.1) is 5.92 Å². The van der Waals surface area contributed by atoms with E-state index in [-0.39, 0.29) is 12.1 Å². The Morgan fingerprint density at radius 1 is 1.17 bits per heavy atom. The lowest BCUT2D eigenvalue weighted by molar-refractivity contribution is -0.143. The molecule has 1 rings (SSSR count). The third-order valence-corrected chi connectivity index (χ3v) is 4.02. The molecule has 0 aliphatic heterocycles. The van der Waals surface area contributed by atoms with Crippen molar-refractivity contribution in [1.29, 1.82) is 0 Å². The highest BCUT2D eigenvalue weighted by Gasteiger charge is 2.13. The fraction of sp³-hybridized carbons (Fsp3) is 0.571. The molecule has 0 saturated heterocycles. The van der Waals surface area contributed by atoms with E-state index < -0.39 is 0 Å². The van der Waals surface area contributed by atoms with Crippen LogP contribution < -0.4 is 0 Å². The third-order valence-electron chi connectivity index (χ3n) is 4.02. The van der Waals surface area contributed by atoms with E-state index in [1.54, 1.807) is 0 Å². The van der Waals surface area contributed by atoms with Gasteiger partial charge in [-0.3, -0.25) is 4.79 Å². The summed E-state index contributed by atoms with van der Waals surface area (Å²) in [7, 11) is 0. The molecule has 1 unspecified atom stereocenters. The maximum absolute atomic E-state index is 11.4. The van der Waals surface area contributed by atoms with Gasteiger partial charge in [-0.15, -0.1) is 0 Å². The Morgan fingerprint density at radius 3 is 2.50 bits per heavy atom. The predicted molar refractivity (Wildman–Crippen MR) is 98.7 cm³/mol. The molecule has 0 bridgehead atoms. The molecular formula is C21H32O3. The minimum Gasteiger partial charge on any atom is -0.466 e. The van der Waals surface area contributed by atoms with Gasteiger partial charge in [0.1, 0.15) is 0 Å². The first kappa shape index (κ1) is 20.4. The first-order valence-corrected chi connectivity index (χ1v) is 8.99. The van der Waals surface area contributed by atoms with Crippen molar-refractivity contribution in [2.24, 2.45) is 5.92 Å². The second-order valence-corrected chi connectivity index (χ2v) is 6.51. The summed E-state index contributed by atoms with van der Waals surface area (Å²) in [5.74, 6) is 0.374. The zero-order valence-electron chi connectivity index (χ0n) is 15.6. The quantitative estimate of drug-likeness (QED) is 0.407. The monoisotopic (exact) mass is 332 g/mol. The molecule has 0 fully saturated rings. The molecule has 0 aliphatic carbocycles. The largest absolute Gasteiger partial charge is 0.466 e. The van der Waals surface area contributed by atoms with Gasteiger partial charge in [-0.25, -0.2) is 0 Å². The molecule has 3 heteroatoms. The van der Waals surface area contributed by atoms with E-state index in [9.17, 15) is 4.79 Å². The van der Waals surface area contributed by atoms with Crippen LogP contribution in [0.5, 0.6) is 0 Å². The molecule has 0 N–H and O–H groups in total. The average molecular weight is 332 g/mol. The molecule has 24 heavy (non-hydrogen) atoms. The molecule has 0 radical (unpaired) electrons. The fourth-order valence-electron chi connectivity index (χ4n) is 2.52. The van der Waals surface area contributed by atoms with Crippen LogP contribution in [0.2, 0.25) is 0 Å². The number of esters is 1. The van der Waals surface area contributed by atoms with Gasteiger partial charge in [0.15, 0.2) is 0 Å². The Labute approximate surface area is 147 Å². The molecule has 0 aromatic heterocycles. The van der Waals surface area contributed by atoms with E-state index in [0.29, 0.717) is 25.6 Å². The summed E-state index contributed by atoms with van der Waals surface area (Å²) in [6.45, 7) is 9.43. The number of hydrogen-bond acceptors (Lipinski definition) is 3. The second kappa shape index (κ2) is 11.9. The zero-order chi connectivity index (χ0) is 17.8. The van der Waals surface area contributed by atoms with Crippen LogP contribution in [0.3, 0.4) is 0 Å². The number of benzene rings is 1. The van der Waals surface area contributed by atoms with Crippen molar-refractivity contribution in [3.05, 3.63) is 47.5 Å². The number of hydrogen-bond donors (Lipinski definition) is 0. The van der Waals surface area contributed by atoms with E-state index in [1.807, 2.05) is 25.1 Å². The minimum absolute atomic E-state index is 0.114. The first-order valence-electron chi connectivity index (χ1n) is 8.99. The Morgan fingerprint density at radius 2 is 1.88 bits per heavy atom. The molecule has 3 nitrogen and oxygen atoms in total. The molecule has 0 heterocycles. The number of carbonyl (C=O) groups is 1. The van der Waals surface area contributed by atoms with Crippen molar-refractivity contribution in [2.45, 2.75) is 66.1 Å². The molecule has 0 spiro atoms. The Kier molecular flexibility index (Phi) is 10.1. The highest BCUT2D eigenvalue weighted by molar-refractivity contribution is 5.69. The summed E-state index contributed by atoms with van der Waals surface area (Å²) in [6.07, 6.45) is 5.69. The van der Waals surface area contributed by atoms with Crippen molar-refractivity contribution < 1.29 is 14.3 Å². The SMILES string of the molecule is CCOC(=O)CCC(C)=CCCC(OCc1ccccc1)C(C)C. The van der Waals surface area contributed by atoms with Crippen molar-refractivity contribution in [2.75, 3.05) is 6.61 Å². The molecular weight excluding hydrogens is 300 g/mol. The van der Waals surface area contributed by atoms with Gasteiger partial charge < -0.3 is 9.47 Å². The Hall–Kier alpha value is -1.61. The van der Waals surface area contributed by atoms with Crippen molar-refractivity contribution in [1.82, 2.24) is 0 Å². The van der Waals surface area contributed by atoms with Crippen LogP contribution in [0.1, 0.15) is 58.9 Å². The summed E-state index contributed by atoms with van der Waals surface area (Å²) in [5, 5.41) is 0. The highest BCUT2D eigenvalue weighted by atomic mass is 16.5.